The molecule has 16 nitrogen and oxygen atoms in total. The zero-order valence-electron chi connectivity index (χ0n) is 17.5. The van der Waals surface area contributed by atoms with Gasteiger partial charge in [-0.1, -0.05) is 0 Å². The number of H-pyrrole nitrogens is 1. The lowest BCUT2D eigenvalue weighted by molar-refractivity contribution is -0.0550. The Kier molecular flexibility index (Phi) is 7.95. The molecule has 0 bridgehead atoms. The van der Waals surface area contributed by atoms with Crippen LogP contribution in [-0.2, 0) is 9.47 Å². The fourth-order valence-corrected chi connectivity index (χ4v) is 3.47. The van der Waals surface area contributed by atoms with E-state index in [1.165, 1.54) is 12.3 Å². The lowest BCUT2D eigenvalue weighted by Gasteiger charge is -2.16. The Balaban J connectivity index is 0.000000191. The molecule has 4 rings (SSSR count). The number of hydrogen-bond donors (Lipinski definition) is 8. The summed E-state index contributed by atoms with van der Waals surface area (Å²) in [4.78, 5) is 39.3. The molecule has 34 heavy (non-hydrogen) atoms. The van der Waals surface area contributed by atoms with Crippen molar-refractivity contribution in [2.24, 2.45) is 0 Å². The average molecular weight is 487 g/mol. The van der Waals surface area contributed by atoms with Crippen LogP contribution < -0.4 is 22.7 Å². The van der Waals surface area contributed by atoms with Gasteiger partial charge in [0.1, 0.15) is 42.4 Å². The fourth-order valence-electron chi connectivity index (χ4n) is 3.47. The summed E-state index contributed by atoms with van der Waals surface area (Å²) in [6.45, 7) is -0.932. The van der Waals surface area contributed by atoms with Crippen molar-refractivity contribution in [2.45, 2.75) is 49.1 Å². The fraction of sp³-hybridized carbons (Fsp3) is 0.556. The van der Waals surface area contributed by atoms with Gasteiger partial charge in [-0.05, 0) is 6.07 Å². The third-order valence-electron chi connectivity index (χ3n) is 5.29. The summed E-state index contributed by atoms with van der Waals surface area (Å²) in [5, 5.41) is 56.2. The molecule has 0 aromatic carbocycles. The molecule has 188 valence electrons. The summed E-state index contributed by atoms with van der Waals surface area (Å²) >= 11 is 0. The zero-order chi connectivity index (χ0) is 25.2. The molecule has 8 atom stereocenters. The number of nitrogens with two attached hydrogens (primary N) is 1. The summed E-state index contributed by atoms with van der Waals surface area (Å²) < 4.78 is 12.3. The van der Waals surface area contributed by atoms with E-state index in [9.17, 15) is 34.8 Å². The topological polar surface area (TPSA) is 256 Å². The SMILES string of the molecule is Nc1ccn([C@@H]2O[C@H](CO)[C@@H](O)[C@H]2O)c(=O)n1.O=c1ccn([C@@H]2O[C@H](CO)[C@@H](O)[C@H]2O)c(=O)[nH]1. The van der Waals surface area contributed by atoms with Crippen LogP contribution in [0.4, 0.5) is 5.82 Å². The molecule has 2 aliphatic heterocycles. The Hall–Kier alpha value is -2.96. The first-order valence-corrected chi connectivity index (χ1v) is 10.00. The van der Waals surface area contributed by atoms with E-state index in [0.29, 0.717) is 0 Å². The van der Waals surface area contributed by atoms with E-state index in [1.807, 2.05) is 4.98 Å². The zero-order valence-corrected chi connectivity index (χ0v) is 17.5. The smallest absolute Gasteiger partial charge is 0.351 e. The normalized spacial score (nSPS) is 32.9. The summed E-state index contributed by atoms with van der Waals surface area (Å²) in [5.74, 6) is 0.0537. The number of anilines is 1. The number of nitrogen functional groups attached to an aromatic ring is 1. The first-order chi connectivity index (χ1) is 16.1. The first kappa shape index (κ1) is 25.7. The summed E-state index contributed by atoms with van der Waals surface area (Å²) in [6, 6.07) is 2.46. The van der Waals surface area contributed by atoms with Gasteiger partial charge >= 0.3 is 11.4 Å². The molecular formula is C18H25N5O11. The molecule has 0 radical (unpaired) electrons. The van der Waals surface area contributed by atoms with Crippen molar-refractivity contribution in [3.63, 3.8) is 0 Å². The molecule has 0 unspecified atom stereocenters. The number of aliphatic hydroxyl groups excluding tert-OH is 6. The molecule has 0 saturated carbocycles. The van der Waals surface area contributed by atoms with Crippen molar-refractivity contribution in [3.8, 4) is 0 Å². The highest BCUT2D eigenvalue weighted by Gasteiger charge is 2.44. The Morgan fingerprint density at radius 2 is 1.35 bits per heavy atom. The van der Waals surface area contributed by atoms with E-state index in [4.69, 9.17) is 25.4 Å². The molecule has 9 N–H and O–H groups in total. The molecule has 2 aromatic heterocycles. The number of aromatic nitrogens is 4. The highest BCUT2D eigenvalue weighted by Crippen LogP contribution is 2.28. The second kappa shape index (κ2) is 10.5. The van der Waals surface area contributed by atoms with Crippen molar-refractivity contribution >= 4 is 5.82 Å². The minimum atomic E-state index is -1.35. The molecular weight excluding hydrogens is 462 g/mol. The largest absolute Gasteiger partial charge is 0.394 e. The maximum absolute atomic E-state index is 11.5. The molecule has 2 aliphatic rings. The minimum absolute atomic E-state index is 0.0537. The summed E-state index contributed by atoms with van der Waals surface area (Å²) in [5.41, 5.74) is 3.30. The number of hydrogen-bond acceptors (Lipinski definition) is 13. The van der Waals surface area contributed by atoms with Gasteiger partial charge in [-0.2, -0.15) is 4.98 Å². The van der Waals surface area contributed by atoms with E-state index >= 15 is 0 Å². The van der Waals surface area contributed by atoms with Crippen molar-refractivity contribution in [1.82, 2.24) is 19.1 Å². The van der Waals surface area contributed by atoms with E-state index in [0.717, 1.165) is 21.4 Å². The number of aromatic amines is 1. The molecule has 16 heteroatoms. The van der Waals surface area contributed by atoms with Gasteiger partial charge in [-0.3, -0.25) is 18.9 Å². The highest BCUT2D eigenvalue weighted by atomic mass is 16.6. The quantitative estimate of drug-likeness (QED) is 0.201. The van der Waals surface area contributed by atoms with Crippen LogP contribution >= 0.6 is 0 Å². The predicted molar refractivity (Wildman–Crippen MR) is 110 cm³/mol. The number of ether oxygens (including phenoxy) is 2. The third kappa shape index (κ3) is 5.08. The van der Waals surface area contributed by atoms with Crippen LogP contribution in [0.25, 0.3) is 0 Å². The second-order valence-electron chi connectivity index (χ2n) is 7.52. The van der Waals surface area contributed by atoms with Gasteiger partial charge in [0, 0.05) is 18.5 Å². The van der Waals surface area contributed by atoms with Crippen LogP contribution in [-0.4, -0.2) is 99.6 Å². The Morgan fingerprint density at radius 1 is 0.853 bits per heavy atom. The lowest BCUT2D eigenvalue weighted by atomic mass is 10.1. The van der Waals surface area contributed by atoms with Gasteiger partial charge in [0.2, 0.25) is 0 Å². The molecule has 0 spiro atoms. The monoisotopic (exact) mass is 487 g/mol. The lowest BCUT2D eigenvalue weighted by Crippen LogP contribution is -2.37. The molecule has 0 aliphatic carbocycles. The molecule has 2 fully saturated rings. The van der Waals surface area contributed by atoms with Crippen LogP contribution in [0.15, 0.2) is 38.9 Å². The van der Waals surface area contributed by atoms with Crippen molar-refractivity contribution < 1.29 is 40.1 Å². The van der Waals surface area contributed by atoms with Crippen molar-refractivity contribution in [3.05, 3.63) is 55.8 Å². The number of rotatable bonds is 4. The van der Waals surface area contributed by atoms with Crippen LogP contribution in [0.5, 0.6) is 0 Å². The summed E-state index contributed by atoms with van der Waals surface area (Å²) in [6.07, 6.45) is -6.85. The van der Waals surface area contributed by atoms with E-state index in [1.54, 1.807) is 0 Å². The van der Waals surface area contributed by atoms with Crippen LogP contribution in [0.3, 0.4) is 0 Å². The Labute approximate surface area is 189 Å². The second-order valence-corrected chi connectivity index (χ2v) is 7.52. The molecule has 4 heterocycles. The van der Waals surface area contributed by atoms with Gasteiger partial charge in [0.05, 0.1) is 13.2 Å². The molecule has 2 aromatic rings. The van der Waals surface area contributed by atoms with E-state index in [-0.39, 0.29) is 5.82 Å². The number of aliphatic hydroxyl groups is 6. The van der Waals surface area contributed by atoms with Crippen LogP contribution in [0.1, 0.15) is 12.5 Å². The predicted octanol–water partition coefficient (Wildman–Crippen LogP) is -5.41. The maximum atomic E-state index is 11.5. The average Bonchev–Trinajstić information content (AvgIpc) is 3.24. The van der Waals surface area contributed by atoms with Gasteiger partial charge < -0.3 is 45.8 Å². The van der Waals surface area contributed by atoms with Gasteiger partial charge in [-0.15, -0.1) is 0 Å². The maximum Gasteiger partial charge on any atom is 0.351 e. The molecule has 0 amide bonds. The minimum Gasteiger partial charge on any atom is -0.394 e. The van der Waals surface area contributed by atoms with Gasteiger partial charge in [0.25, 0.3) is 5.56 Å². The van der Waals surface area contributed by atoms with Crippen LogP contribution in [0.2, 0.25) is 0 Å². The third-order valence-corrected chi connectivity index (χ3v) is 5.29. The van der Waals surface area contributed by atoms with Gasteiger partial charge in [-0.25, -0.2) is 9.59 Å². The van der Waals surface area contributed by atoms with Crippen LogP contribution in [0, 0.1) is 0 Å². The first-order valence-electron chi connectivity index (χ1n) is 10.00. The van der Waals surface area contributed by atoms with Crippen molar-refractivity contribution in [1.29, 1.82) is 0 Å². The standard InChI is InChI=1S/C9H13N3O5.C9H12N2O6/c10-5-1-2-12(9(16)11-5)8-7(15)6(14)4(3-13)17-8;12-3-4-6(14)7(15)8(17-4)11-2-1-5(13)10-9(11)16/h1-2,4,6-8,13-15H,3H2,(H2,10,11,16);1-2,4,6-8,12,14-15H,3H2,(H,10,13,16)/t2*4-,6-,7-,8-/m11/s1. The summed E-state index contributed by atoms with van der Waals surface area (Å²) in [7, 11) is 0. The van der Waals surface area contributed by atoms with E-state index in [2.05, 4.69) is 4.98 Å². The van der Waals surface area contributed by atoms with Gasteiger partial charge in [0.15, 0.2) is 12.5 Å². The number of nitrogens with zero attached hydrogens (tertiary/aromatic N) is 3. The molecule has 2 saturated heterocycles. The Bertz CT molecular complexity index is 1150. The van der Waals surface area contributed by atoms with Crippen molar-refractivity contribution in [2.75, 3.05) is 18.9 Å². The Morgan fingerprint density at radius 3 is 1.79 bits per heavy atom. The highest BCUT2D eigenvalue weighted by molar-refractivity contribution is 5.23. The number of nitrogens with one attached hydrogen (secondary N) is 1. The van der Waals surface area contributed by atoms with E-state index < -0.39 is 79.2 Å².